The van der Waals surface area contributed by atoms with E-state index >= 15 is 0 Å². The number of aromatic nitrogens is 4. The van der Waals surface area contributed by atoms with Crippen LogP contribution in [0.15, 0.2) is 6.07 Å². The number of nitrogens with zero attached hydrogens (tertiary/aromatic N) is 4. The second-order valence-corrected chi connectivity index (χ2v) is 5.86. The molecular weight excluding hydrogens is 264 g/mol. The molecule has 0 saturated carbocycles. The fraction of sp³-hybridized carbons (Fsp3) is 0.600. The average Bonchev–Trinajstić information content (AvgIpc) is 2.86. The Morgan fingerprint density at radius 1 is 1.29 bits per heavy atom. The largest absolute Gasteiger partial charge is 0.394 e. The first-order chi connectivity index (χ1) is 9.90. The molecule has 0 aliphatic heterocycles. The molecule has 0 saturated heterocycles. The Bertz CT molecular complexity index is 608. The Morgan fingerprint density at radius 2 is 2.00 bits per heavy atom. The molecule has 0 amide bonds. The fourth-order valence-electron chi connectivity index (χ4n) is 2.53. The van der Waals surface area contributed by atoms with Gasteiger partial charge in [-0.3, -0.25) is 9.36 Å². The van der Waals surface area contributed by atoms with Gasteiger partial charge in [0, 0.05) is 25.8 Å². The molecule has 6 heteroatoms. The maximum Gasteiger partial charge on any atom is 0.147 e. The predicted molar refractivity (Wildman–Crippen MR) is 86.5 cm³/mol. The van der Waals surface area contributed by atoms with Crippen molar-refractivity contribution in [3.8, 4) is 0 Å². The Kier molecular flexibility index (Phi) is 4.55. The van der Waals surface area contributed by atoms with Gasteiger partial charge in [0.15, 0.2) is 0 Å². The number of hydrogen-bond acceptors (Lipinski definition) is 4. The second kappa shape index (κ2) is 6.20. The first kappa shape index (κ1) is 15.4. The molecule has 0 unspecified atom stereocenters. The summed E-state index contributed by atoms with van der Waals surface area (Å²) in [6.45, 7) is 10.1. The summed E-state index contributed by atoms with van der Waals surface area (Å²) in [4.78, 5) is 0. The van der Waals surface area contributed by atoms with E-state index in [1.54, 1.807) is 0 Å². The summed E-state index contributed by atoms with van der Waals surface area (Å²) in [5.74, 6) is 1.24. The normalized spacial score (nSPS) is 11.3. The molecule has 0 bridgehead atoms. The molecule has 3 N–H and O–H groups in total. The molecule has 2 aromatic rings. The molecule has 2 rings (SSSR count). The van der Waals surface area contributed by atoms with Crippen LogP contribution in [0.4, 0.5) is 11.5 Å². The third kappa shape index (κ3) is 3.37. The van der Waals surface area contributed by atoms with Gasteiger partial charge in [-0.1, -0.05) is 13.8 Å². The van der Waals surface area contributed by atoms with Crippen LogP contribution in [0.2, 0.25) is 0 Å². The van der Waals surface area contributed by atoms with Gasteiger partial charge in [-0.25, -0.2) is 0 Å². The van der Waals surface area contributed by atoms with Gasteiger partial charge in [0.25, 0.3) is 0 Å². The average molecular weight is 290 g/mol. The van der Waals surface area contributed by atoms with Gasteiger partial charge in [-0.05, 0) is 32.3 Å². The van der Waals surface area contributed by atoms with Crippen molar-refractivity contribution in [2.24, 2.45) is 7.05 Å². The zero-order valence-corrected chi connectivity index (χ0v) is 13.6. The van der Waals surface area contributed by atoms with Crippen molar-refractivity contribution in [2.75, 3.05) is 17.6 Å². The molecule has 2 heterocycles. The van der Waals surface area contributed by atoms with Crippen LogP contribution >= 0.6 is 0 Å². The van der Waals surface area contributed by atoms with E-state index in [0.29, 0.717) is 5.92 Å². The van der Waals surface area contributed by atoms with E-state index in [4.69, 9.17) is 5.73 Å². The smallest absolute Gasteiger partial charge is 0.147 e. The van der Waals surface area contributed by atoms with Crippen LogP contribution in [0.3, 0.4) is 0 Å². The molecule has 0 aliphatic rings. The van der Waals surface area contributed by atoms with E-state index in [9.17, 15) is 0 Å². The number of hydrogen-bond donors (Lipinski definition) is 2. The molecule has 21 heavy (non-hydrogen) atoms. The molecule has 0 atom stereocenters. The minimum atomic E-state index is 0.335. The highest BCUT2D eigenvalue weighted by Gasteiger charge is 2.15. The summed E-state index contributed by atoms with van der Waals surface area (Å²) >= 11 is 0. The third-order valence-electron chi connectivity index (χ3n) is 3.60. The number of anilines is 2. The van der Waals surface area contributed by atoms with Crippen molar-refractivity contribution in [2.45, 2.75) is 46.6 Å². The summed E-state index contributed by atoms with van der Waals surface area (Å²) in [6, 6.07) is 2.10. The SMILES string of the molecule is Cc1cc(C)n(CCCNc2c(N)c(C(C)C)nn2C)n1. The van der Waals surface area contributed by atoms with Gasteiger partial charge in [0.05, 0.1) is 17.1 Å². The lowest BCUT2D eigenvalue weighted by Gasteiger charge is -2.09. The number of rotatable bonds is 6. The molecule has 0 fully saturated rings. The van der Waals surface area contributed by atoms with E-state index < -0.39 is 0 Å². The lowest BCUT2D eigenvalue weighted by Crippen LogP contribution is -2.11. The highest BCUT2D eigenvalue weighted by molar-refractivity contribution is 5.65. The number of nitrogens with one attached hydrogen (secondary N) is 1. The Balaban J connectivity index is 1.91. The van der Waals surface area contributed by atoms with Crippen LogP contribution in [0.5, 0.6) is 0 Å². The van der Waals surface area contributed by atoms with Crippen LogP contribution < -0.4 is 11.1 Å². The van der Waals surface area contributed by atoms with E-state index in [2.05, 4.69) is 42.4 Å². The summed E-state index contributed by atoms with van der Waals surface area (Å²) < 4.78 is 3.87. The second-order valence-electron chi connectivity index (χ2n) is 5.86. The highest BCUT2D eigenvalue weighted by Crippen LogP contribution is 2.27. The standard InChI is InChI=1S/C15H26N6/c1-10(2)14-13(16)15(20(5)19-14)17-7-6-8-21-12(4)9-11(3)18-21/h9-10,17H,6-8,16H2,1-5H3. The highest BCUT2D eigenvalue weighted by atomic mass is 15.3. The molecule has 6 nitrogen and oxygen atoms in total. The minimum Gasteiger partial charge on any atom is -0.394 e. The van der Waals surface area contributed by atoms with Crippen molar-refractivity contribution in [3.63, 3.8) is 0 Å². The summed E-state index contributed by atoms with van der Waals surface area (Å²) in [6.07, 6.45) is 0.990. The van der Waals surface area contributed by atoms with Crippen molar-refractivity contribution in [1.29, 1.82) is 0 Å². The third-order valence-corrected chi connectivity index (χ3v) is 3.60. The maximum atomic E-state index is 6.16. The first-order valence-electron chi connectivity index (χ1n) is 7.47. The molecular formula is C15H26N6. The molecule has 116 valence electrons. The van der Waals surface area contributed by atoms with E-state index in [1.165, 1.54) is 5.69 Å². The first-order valence-corrected chi connectivity index (χ1v) is 7.47. The van der Waals surface area contributed by atoms with Crippen molar-refractivity contribution < 1.29 is 0 Å². The van der Waals surface area contributed by atoms with Crippen LogP contribution in [-0.2, 0) is 13.6 Å². The maximum absolute atomic E-state index is 6.16. The summed E-state index contributed by atoms with van der Waals surface area (Å²) in [7, 11) is 1.92. The number of aryl methyl sites for hydroxylation is 4. The molecule has 0 aromatic carbocycles. The Hall–Kier alpha value is -1.98. The zero-order chi connectivity index (χ0) is 15.6. The van der Waals surface area contributed by atoms with Gasteiger partial charge in [0.2, 0.25) is 0 Å². The number of nitrogens with two attached hydrogens (primary N) is 1. The molecule has 0 radical (unpaired) electrons. The summed E-state index contributed by atoms with van der Waals surface area (Å²) in [5.41, 5.74) is 10.2. The van der Waals surface area contributed by atoms with E-state index in [0.717, 1.165) is 42.4 Å². The van der Waals surface area contributed by atoms with Crippen LogP contribution in [0.25, 0.3) is 0 Å². The lowest BCUT2D eigenvalue weighted by atomic mass is 10.1. The topological polar surface area (TPSA) is 73.7 Å². The minimum absolute atomic E-state index is 0.335. The van der Waals surface area contributed by atoms with E-state index in [-0.39, 0.29) is 0 Å². The van der Waals surface area contributed by atoms with Crippen LogP contribution in [0.1, 0.15) is 43.3 Å². The molecule has 0 spiro atoms. The van der Waals surface area contributed by atoms with Gasteiger partial charge in [-0.15, -0.1) is 0 Å². The molecule has 0 aliphatic carbocycles. The Morgan fingerprint density at radius 3 is 2.52 bits per heavy atom. The van der Waals surface area contributed by atoms with E-state index in [1.807, 2.05) is 23.3 Å². The summed E-state index contributed by atoms with van der Waals surface area (Å²) in [5, 5.41) is 12.3. The van der Waals surface area contributed by atoms with Gasteiger partial charge < -0.3 is 11.1 Å². The van der Waals surface area contributed by atoms with Crippen LogP contribution in [-0.4, -0.2) is 26.1 Å². The van der Waals surface area contributed by atoms with Gasteiger partial charge in [0.1, 0.15) is 5.82 Å². The fourth-order valence-corrected chi connectivity index (χ4v) is 2.53. The Labute approximate surface area is 126 Å². The van der Waals surface area contributed by atoms with Gasteiger partial charge >= 0.3 is 0 Å². The lowest BCUT2D eigenvalue weighted by molar-refractivity contribution is 0.572. The number of nitrogen functional groups attached to an aromatic ring is 1. The zero-order valence-electron chi connectivity index (χ0n) is 13.6. The van der Waals surface area contributed by atoms with Gasteiger partial charge in [-0.2, -0.15) is 10.2 Å². The van der Waals surface area contributed by atoms with Crippen molar-refractivity contribution in [1.82, 2.24) is 19.6 Å². The van der Waals surface area contributed by atoms with Crippen molar-refractivity contribution >= 4 is 11.5 Å². The van der Waals surface area contributed by atoms with Crippen molar-refractivity contribution in [3.05, 3.63) is 23.1 Å². The monoisotopic (exact) mass is 290 g/mol. The van der Waals surface area contributed by atoms with Crippen LogP contribution in [0, 0.1) is 13.8 Å². The predicted octanol–water partition coefficient (Wildman–Crippen LogP) is 2.44. The quantitative estimate of drug-likeness (QED) is 0.801. The molecule has 2 aromatic heterocycles.